The van der Waals surface area contributed by atoms with E-state index in [4.69, 9.17) is 23.2 Å². The first-order valence-corrected chi connectivity index (χ1v) is 13.7. The second-order valence-corrected chi connectivity index (χ2v) is 11.1. The van der Waals surface area contributed by atoms with Gasteiger partial charge in [0.15, 0.2) is 11.6 Å². The van der Waals surface area contributed by atoms with Crippen molar-refractivity contribution >= 4 is 52.4 Å². The molecular weight excluding hydrogens is 543 g/mol. The van der Waals surface area contributed by atoms with E-state index in [-0.39, 0.29) is 33.1 Å². The van der Waals surface area contributed by atoms with Crippen LogP contribution >= 0.6 is 23.2 Å². The smallest absolute Gasteiger partial charge is 0.238 e. The van der Waals surface area contributed by atoms with Crippen LogP contribution in [0.2, 0.25) is 10.0 Å². The fourth-order valence-corrected chi connectivity index (χ4v) is 7.27. The van der Waals surface area contributed by atoms with Crippen molar-refractivity contribution in [2.75, 3.05) is 5.32 Å². The van der Waals surface area contributed by atoms with Gasteiger partial charge in [0.1, 0.15) is 11.5 Å². The van der Waals surface area contributed by atoms with Crippen molar-refractivity contribution < 1.29 is 14.4 Å². The van der Waals surface area contributed by atoms with E-state index in [1.54, 1.807) is 48.5 Å². The second kappa shape index (κ2) is 9.19. The number of anilines is 1. The summed E-state index contributed by atoms with van der Waals surface area (Å²) in [7, 11) is 0. The third-order valence-electron chi connectivity index (χ3n) is 8.40. The SMILES string of the molecule is O=C(c1ccccc1Cl)[C@H]1[C@H](C(=O)c2ccccc2Cl)[C@]2(C(=O)Nc3ccccc32)[C@@H]2c3ccccc3C=CN21. The third kappa shape index (κ3) is 3.31. The van der Waals surface area contributed by atoms with Gasteiger partial charge in [0.05, 0.1) is 22.0 Å². The number of hydrogen-bond acceptors (Lipinski definition) is 4. The zero-order valence-corrected chi connectivity index (χ0v) is 22.6. The molecule has 1 amide bonds. The van der Waals surface area contributed by atoms with E-state index in [0.29, 0.717) is 16.8 Å². The highest BCUT2D eigenvalue weighted by molar-refractivity contribution is 6.35. The molecule has 1 saturated heterocycles. The van der Waals surface area contributed by atoms with Crippen molar-refractivity contribution in [1.29, 1.82) is 0 Å². The second-order valence-electron chi connectivity index (χ2n) is 10.3. The Kier molecular flexibility index (Phi) is 5.70. The Bertz CT molecular complexity index is 1770. The van der Waals surface area contributed by atoms with Gasteiger partial charge in [0, 0.05) is 23.0 Å². The summed E-state index contributed by atoms with van der Waals surface area (Å²) >= 11 is 13.1. The lowest BCUT2D eigenvalue weighted by molar-refractivity contribution is -0.122. The first-order chi connectivity index (χ1) is 19.4. The summed E-state index contributed by atoms with van der Waals surface area (Å²) in [4.78, 5) is 45.6. The van der Waals surface area contributed by atoms with Crippen molar-refractivity contribution in [2.45, 2.75) is 17.5 Å². The number of para-hydroxylation sites is 1. The van der Waals surface area contributed by atoms with Crippen LogP contribution in [-0.2, 0) is 10.2 Å². The minimum Gasteiger partial charge on any atom is -0.358 e. The molecule has 5 nitrogen and oxygen atoms in total. The molecule has 0 aliphatic carbocycles. The molecular formula is C33H22Cl2N2O3. The molecule has 0 radical (unpaired) electrons. The van der Waals surface area contributed by atoms with Crippen molar-refractivity contribution in [3.63, 3.8) is 0 Å². The number of fused-ring (bicyclic) bond motifs is 6. The number of hydrogen-bond donors (Lipinski definition) is 1. The highest BCUT2D eigenvalue weighted by Crippen LogP contribution is 2.62. The van der Waals surface area contributed by atoms with Crippen molar-refractivity contribution in [2.24, 2.45) is 5.92 Å². The maximum Gasteiger partial charge on any atom is 0.238 e. The first kappa shape index (κ1) is 24.8. The summed E-state index contributed by atoms with van der Waals surface area (Å²) in [5.41, 5.74) is 2.23. The molecule has 1 N–H and O–H groups in total. The van der Waals surface area contributed by atoms with E-state index in [2.05, 4.69) is 5.32 Å². The summed E-state index contributed by atoms with van der Waals surface area (Å²) in [5, 5.41) is 3.59. The van der Waals surface area contributed by atoms with Crippen LogP contribution in [0.5, 0.6) is 0 Å². The van der Waals surface area contributed by atoms with Crippen LogP contribution < -0.4 is 5.32 Å². The molecule has 3 aliphatic heterocycles. The Morgan fingerprint density at radius 1 is 0.750 bits per heavy atom. The first-order valence-electron chi connectivity index (χ1n) is 13.0. The van der Waals surface area contributed by atoms with Crippen molar-refractivity contribution in [3.8, 4) is 0 Å². The number of nitrogens with zero attached hydrogens (tertiary/aromatic N) is 1. The standard InChI is InChI=1S/C33H22Cl2N2O3/c34-24-14-6-3-11-21(24)29(38)27-28(30(39)22-12-4-7-15-25(22)35)37-18-17-19-9-1-2-10-20(19)31(37)33(27)23-13-5-8-16-26(23)36-32(33)40/h1-18,27-28,31H,(H,36,40)/t27-,28-,31+,33+/m1/s1. The normalized spacial score (nSPS) is 23.9. The third-order valence-corrected chi connectivity index (χ3v) is 9.06. The molecule has 7 heteroatoms. The molecule has 196 valence electrons. The summed E-state index contributed by atoms with van der Waals surface area (Å²) in [6, 6.07) is 27.1. The number of benzene rings is 4. The number of carbonyl (C=O) groups excluding carboxylic acids is 3. The summed E-state index contributed by atoms with van der Waals surface area (Å²) in [6.45, 7) is 0. The van der Waals surface area contributed by atoms with Crippen LogP contribution in [0.15, 0.2) is 103 Å². The van der Waals surface area contributed by atoms with E-state index in [0.717, 1.165) is 11.1 Å². The summed E-state index contributed by atoms with van der Waals surface area (Å²) in [6.07, 6.45) is 3.76. The monoisotopic (exact) mass is 564 g/mol. The van der Waals surface area contributed by atoms with Gasteiger partial charge >= 0.3 is 0 Å². The maximum atomic E-state index is 14.8. The van der Waals surface area contributed by atoms with Gasteiger partial charge in [0.2, 0.25) is 5.91 Å². The minimum absolute atomic E-state index is 0.263. The van der Waals surface area contributed by atoms with E-state index in [1.807, 2.05) is 65.7 Å². The predicted octanol–water partition coefficient (Wildman–Crippen LogP) is 6.98. The molecule has 40 heavy (non-hydrogen) atoms. The van der Waals surface area contributed by atoms with Crippen LogP contribution in [0.25, 0.3) is 6.08 Å². The molecule has 4 aromatic carbocycles. The Labute approximate surface area is 241 Å². The predicted molar refractivity (Wildman–Crippen MR) is 156 cm³/mol. The number of carbonyl (C=O) groups is 3. The van der Waals surface area contributed by atoms with Gasteiger partial charge in [-0.15, -0.1) is 0 Å². The average Bonchev–Trinajstić information content (AvgIpc) is 3.45. The Balaban J connectivity index is 1.57. The molecule has 0 saturated carbocycles. The Morgan fingerprint density at radius 2 is 1.35 bits per heavy atom. The van der Waals surface area contributed by atoms with Gasteiger partial charge in [0.25, 0.3) is 0 Å². The largest absolute Gasteiger partial charge is 0.358 e. The van der Waals surface area contributed by atoms with Gasteiger partial charge < -0.3 is 10.2 Å². The van der Waals surface area contributed by atoms with Gasteiger partial charge in [-0.3, -0.25) is 14.4 Å². The lowest BCUT2D eigenvalue weighted by atomic mass is 9.62. The van der Waals surface area contributed by atoms with Gasteiger partial charge in [-0.2, -0.15) is 0 Å². The van der Waals surface area contributed by atoms with E-state index in [1.165, 1.54) is 0 Å². The van der Waals surface area contributed by atoms with Crippen LogP contribution in [0, 0.1) is 5.92 Å². The number of Topliss-reactive ketones (excluding diaryl/α,β-unsaturated/α-hetero) is 2. The molecule has 7 rings (SSSR count). The number of rotatable bonds is 4. The Morgan fingerprint density at radius 3 is 2.08 bits per heavy atom. The van der Waals surface area contributed by atoms with Crippen molar-refractivity contribution in [1.82, 2.24) is 4.90 Å². The topological polar surface area (TPSA) is 66.5 Å². The number of nitrogens with one attached hydrogen (secondary N) is 1. The summed E-state index contributed by atoms with van der Waals surface area (Å²) < 4.78 is 0. The van der Waals surface area contributed by atoms with E-state index < -0.39 is 23.4 Å². The molecule has 1 fully saturated rings. The van der Waals surface area contributed by atoms with Crippen LogP contribution in [0.1, 0.15) is 43.4 Å². The number of halogens is 2. The molecule has 3 heterocycles. The van der Waals surface area contributed by atoms with Gasteiger partial charge in [-0.25, -0.2) is 0 Å². The highest BCUT2D eigenvalue weighted by Gasteiger charge is 2.70. The molecule has 1 spiro atoms. The van der Waals surface area contributed by atoms with Crippen LogP contribution in [0.4, 0.5) is 5.69 Å². The summed E-state index contributed by atoms with van der Waals surface area (Å²) in [5.74, 6) is -2.14. The highest BCUT2D eigenvalue weighted by atomic mass is 35.5. The minimum atomic E-state index is -1.42. The molecule has 4 atom stereocenters. The quantitative estimate of drug-likeness (QED) is 0.272. The van der Waals surface area contributed by atoms with E-state index in [9.17, 15) is 14.4 Å². The molecule has 0 bridgehead atoms. The average molecular weight is 565 g/mol. The lowest BCUT2D eigenvalue weighted by Gasteiger charge is -2.38. The zero-order valence-electron chi connectivity index (χ0n) is 21.1. The molecule has 3 aliphatic rings. The number of amides is 1. The Hall–Kier alpha value is -4.19. The van der Waals surface area contributed by atoms with Crippen molar-refractivity contribution in [3.05, 3.63) is 141 Å². The molecule has 4 aromatic rings. The fraction of sp³-hybridized carbons (Fsp3) is 0.121. The molecule has 0 aromatic heterocycles. The lowest BCUT2D eigenvalue weighted by Crippen LogP contribution is -2.49. The van der Waals surface area contributed by atoms with Gasteiger partial charge in [-0.05, 0) is 53.1 Å². The maximum absolute atomic E-state index is 14.8. The fourth-order valence-electron chi connectivity index (χ4n) is 6.82. The number of ketones is 2. The van der Waals surface area contributed by atoms with Gasteiger partial charge in [-0.1, -0.05) is 89.9 Å². The molecule has 0 unspecified atom stereocenters. The van der Waals surface area contributed by atoms with E-state index >= 15 is 0 Å². The zero-order chi connectivity index (χ0) is 27.6. The van der Waals surface area contributed by atoms with Crippen LogP contribution in [0.3, 0.4) is 0 Å². The van der Waals surface area contributed by atoms with Crippen LogP contribution in [-0.4, -0.2) is 28.4 Å².